The molecule has 1 atom stereocenters. The molecule has 3 aromatic rings. The highest BCUT2D eigenvalue weighted by molar-refractivity contribution is 7.99. The van der Waals surface area contributed by atoms with Crippen LogP contribution >= 0.6 is 11.8 Å². The fourth-order valence-electron chi connectivity index (χ4n) is 4.69. The van der Waals surface area contributed by atoms with Gasteiger partial charge in [0.1, 0.15) is 10.8 Å². The second-order valence-corrected chi connectivity index (χ2v) is 9.44. The summed E-state index contributed by atoms with van der Waals surface area (Å²) in [5.74, 6) is 0.944. The van der Waals surface area contributed by atoms with Gasteiger partial charge in [-0.05, 0) is 61.8 Å². The normalized spacial score (nSPS) is 19.8. The van der Waals surface area contributed by atoms with Gasteiger partial charge < -0.3 is 10.6 Å². The molecule has 2 aliphatic rings. The molecular weight excluding hydrogens is 392 g/mol. The molecule has 30 heavy (non-hydrogen) atoms. The van der Waals surface area contributed by atoms with Crippen LogP contribution in [0.4, 0.5) is 5.82 Å². The molecule has 2 N–H and O–H groups in total. The molecule has 0 saturated carbocycles. The monoisotopic (exact) mass is 418 g/mol. The zero-order valence-electron chi connectivity index (χ0n) is 17.4. The second kappa shape index (κ2) is 7.63. The van der Waals surface area contributed by atoms with E-state index in [4.69, 9.17) is 10.7 Å². The van der Waals surface area contributed by atoms with Gasteiger partial charge in [-0.2, -0.15) is 0 Å². The van der Waals surface area contributed by atoms with E-state index in [2.05, 4.69) is 32.8 Å². The molecule has 5 rings (SSSR count). The number of hydrogen-bond acceptors (Lipinski definition) is 7. The van der Waals surface area contributed by atoms with Crippen molar-refractivity contribution in [1.29, 1.82) is 0 Å². The van der Waals surface area contributed by atoms with Gasteiger partial charge in [0, 0.05) is 47.8 Å². The van der Waals surface area contributed by atoms with Gasteiger partial charge in [-0.3, -0.25) is 9.97 Å². The summed E-state index contributed by atoms with van der Waals surface area (Å²) in [6.07, 6.45) is 10.6. The lowest BCUT2D eigenvalue weighted by molar-refractivity contribution is 0.186. The van der Waals surface area contributed by atoms with Crippen molar-refractivity contribution in [2.45, 2.75) is 49.1 Å². The number of piperidine rings is 1. The molecule has 1 fully saturated rings. The standard InChI is InChI=1S/C23H26N6S/c1-15-16(2)25-9-5-19(15)30-21-14-27-20(13-28-21)29-10-6-23(7-11-29)12-18-17(22(23)24)4-3-8-26-18/h3-5,8-9,13-14,22H,6-7,10-12,24H2,1-2H3. The van der Waals surface area contributed by atoms with Crippen molar-refractivity contribution in [2.24, 2.45) is 11.1 Å². The number of nitrogens with zero attached hydrogens (tertiary/aromatic N) is 5. The predicted octanol–water partition coefficient (Wildman–Crippen LogP) is 3.88. The summed E-state index contributed by atoms with van der Waals surface area (Å²) in [4.78, 5) is 21.8. The first kappa shape index (κ1) is 19.5. The van der Waals surface area contributed by atoms with Crippen LogP contribution in [0.2, 0.25) is 0 Å². The van der Waals surface area contributed by atoms with Gasteiger partial charge in [-0.1, -0.05) is 17.8 Å². The van der Waals surface area contributed by atoms with Crippen LogP contribution in [-0.4, -0.2) is 33.0 Å². The number of anilines is 1. The summed E-state index contributed by atoms with van der Waals surface area (Å²) in [5.41, 5.74) is 11.4. The molecule has 1 saturated heterocycles. The van der Waals surface area contributed by atoms with Crippen LogP contribution in [0.3, 0.4) is 0 Å². The second-order valence-electron chi connectivity index (χ2n) is 8.38. The van der Waals surface area contributed by atoms with E-state index in [1.807, 2.05) is 43.8 Å². The molecule has 7 heteroatoms. The van der Waals surface area contributed by atoms with E-state index in [9.17, 15) is 0 Å². The molecule has 1 aliphatic carbocycles. The van der Waals surface area contributed by atoms with Crippen molar-refractivity contribution in [3.8, 4) is 0 Å². The Bertz CT molecular complexity index is 1060. The lowest BCUT2D eigenvalue weighted by atomic mass is 9.73. The number of aryl methyl sites for hydroxylation is 1. The maximum atomic E-state index is 6.66. The summed E-state index contributed by atoms with van der Waals surface area (Å²) in [5, 5.41) is 0.903. The van der Waals surface area contributed by atoms with Gasteiger partial charge in [0.2, 0.25) is 0 Å². The Hall–Kier alpha value is -2.51. The smallest absolute Gasteiger partial charge is 0.147 e. The first-order valence-corrected chi connectivity index (χ1v) is 11.2. The fraction of sp³-hybridized carbons (Fsp3) is 0.391. The van der Waals surface area contributed by atoms with Crippen molar-refractivity contribution in [1.82, 2.24) is 19.9 Å². The predicted molar refractivity (Wildman–Crippen MR) is 119 cm³/mol. The third-order valence-corrected chi connectivity index (χ3v) is 7.84. The Kier molecular flexibility index (Phi) is 4.95. The van der Waals surface area contributed by atoms with Crippen molar-refractivity contribution >= 4 is 17.6 Å². The van der Waals surface area contributed by atoms with Gasteiger partial charge in [-0.25, -0.2) is 9.97 Å². The van der Waals surface area contributed by atoms with Crippen molar-refractivity contribution in [3.05, 3.63) is 65.5 Å². The summed E-state index contributed by atoms with van der Waals surface area (Å²) in [6.45, 7) is 6.02. The van der Waals surface area contributed by atoms with Crippen LogP contribution in [0.15, 0.2) is 52.9 Å². The Labute approximate surface area is 181 Å². The van der Waals surface area contributed by atoms with Crippen molar-refractivity contribution < 1.29 is 0 Å². The molecule has 0 bridgehead atoms. The Balaban J connectivity index is 1.26. The van der Waals surface area contributed by atoms with Gasteiger partial charge in [0.25, 0.3) is 0 Å². The highest BCUT2D eigenvalue weighted by Gasteiger charge is 2.46. The Morgan fingerprint density at radius 3 is 2.60 bits per heavy atom. The highest BCUT2D eigenvalue weighted by atomic mass is 32.2. The Morgan fingerprint density at radius 2 is 1.87 bits per heavy atom. The Morgan fingerprint density at radius 1 is 1.03 bits per heavy atom. The molecule has 1 spiro atoms. The number of aromatic nitrogens is 4. The van der Waals surface area contributed by atoms with Crippen LogP contribution in [0.25, 0.3) is 0 Å². The van der Waals surface area contributed by atoms with E-state index in [-0.39, 0.29) is 11.5 Å². The van der Waals surface area contributed by atoms with Crippen LogP contribution in [0.1, 0.15) is 41.4 Å². The largest absolute Gasteiger partial charge is 0.355 e. The van der Waals surface area contributed by atoms with Crippen LogP contribution in [-0.2, 0) is 6.42 Å². The molecule has 1 unspecified atom stereocenters. The molecule has 0 aromatic carbocycles. The van der Waals surface area contributed by atoms with Crippen LogP contribution < -0.4 is 10.6 Å². The molecule has 154 valence electrons. The quantitative estimate of drug-likeness (QED) is 0.691. The van der Waals surface area contributed by atoms with E-state index < -0.39 is 0 Å². The third kappa shape index (κ3) is 3.36. The molecule has 0 amide bonds. The average molecular weight is 419 g/mol. The molecule has 1 aliphatic heterocycles. The number of fused-ring (bicyclic) bond motifs is 1. The number of hydrogen-bond donors (Lipinski definition) is 1. The van der Waals surface area contributed by atoms with E-state index in [1.54, 1.807) is 11.8 Å². The summed E-state index contributed by atoms with van der Waals surface area (Å²) >= 11 is 1.64. The summed E-state index contributed by atoms with van der Waals surface area (Å²) in [7, 11) is 0. The van der Waals surface area contributed by atoms with Gasteiger partial charge in [0.15, 0.2) is 0 Å². The lowest BCUT2D eigenvalue weighted by Crippen LogP contribution is -2.44. The fourth-order valence-corrected chi connectivity index (χ4v) is 5.55. The van der Waals surface area contributed by atoms with Gasteiger partial charge >= 0.3 is 0 Å². The van der Waals surface area contributed by atoms with E-state index >= 15 is 0 Å². The maximum absolute atomic E-state index is 6.66. The molecule has 6 nitrogen and oxygen atoms in total. The third-order valence-electron chi connectivity index (χ3n) is 6.76. The van der Waals surface area contributed by atoms with Crippen molar-refractivity contribution in [2.75, 3.05) is 18.0 Å². The first-order chi connectivity index (χ1) is 14.6. The topological polar surface area (TPSA) is 80.8 Å². The van der Waals surface area contributed by atoms with Gasteiger partial charge in [0.05, 0.1) is 12.4 Å². The van der Waals surface area contributed by atoms with E-state index in [1.165, 1.54) is 21.7 Å². The van der Waals surface area contributed by atoms with Crippen LogP contribution in [0, 0.1) is 19.3 Å². The van der Waals surface area contributed by atoms with E-state index in [0.717, 1.165) is 48.9 Å². The number of nitrogens with two attached hydrogens (primary N) is 1. The SMILES string of the molecule is Cc1nccc(Sc2cnc(N3CCC4(CC3)Cc3ncccc3C4N)cn2)c1C. The minimum Gasteiger partial charge on any atom is -0.355 e. The first-order valence-electron chi connectivity index (χ1n) is 10.4. The number of rotatable bonds is 3. The maximum Gasteiger partial charge on any atom is 0.147 e. The minimum atomic E-state index is 0.0836. The average Bonchev–Trinajstić information content (AvgIpc) is 3.04. The summed E-state index contributed by atoms with van der Waals surface area (Å²) in [6, 6.07) is 6.25. The number of pyridine rings is 2. The lowest BCUT2D eigenvalue weighted by Gasteiger charge is -2.42. The molecule has 3 aromatic heterocycles. The van der Waals surface area contributed by atoms with E-state index in [0.29, 0.717) is 0 Å². The zero-order valence-corrected chi connectivity index (χ0v) is 18.2. The van der Waals surface area contributed by atoms with Gasteiger partial charge in [-0.15, -0.1) is 0 Å². The van der Waals surface area contributed by atoms with Crippen molar-refractivity contribution in [3.63, 3.8) is 0 Å². The minimum absolute atomic E-state index is 0.0836. The molecule has 4 heterocycles. The highest BCUT2D eigenvalue weighted by Crippen LogP contribution is 2.50. The van der Waals surface area contributed by atoms with Crippen LogP contribution in [0.5, 0.6) is 0 Å². The zero-order chi connectivity index (χ0) is 20.7. The molecule has 0 radical (unpaired) electrons. The summed E-state index contributed by atoms with van der Waals surface area (Å²) < 4.78 is 0. The molecular formula is C23H26N6S.